The third-order valence-electron chi connectivity index (χ3n) is 5.86. The second kappa shape index (κ2) is 9.60. The number of carbonyl (C=O) groups excluding carboxylic acids is 1. The van der Waals surface area contributed by atoms with Crippen LogP contribution in [0.15, 0.2) is 84.4 Å². The van der Waals surface area contributed by atoms with Gasteiger partial charge < -0.3 is 5.11 Å². The molecule has 0 saturated heterocycles. The standard InChI is InChI=1S/C27H24N4O3S/c1-18-9-11-19(12-10-18)27-21(17-30(29-27)20-6-3-2-4-7-20)23-16-22(24-8-5-15-35-24)28-31(23)25(32)13-14-26(33)34/h2-12,15-17,23,28H,13-14H2,1H3,(H,33,34)/t23-/m1/s1. The van der Waals surface area contributed by atoms with E-state index in [0.717, 1.165) is 38.6 Å². The van der Waals surface area contributed by atoms with Crippen LogP contribution in [0.2, 0.25) is 0 Å². The van der Waals surface area contributed by atoms with Crippen molar-refractivity contribution in [3.8, 4) is 16.9 Å². The molecule has 5 rings (SSSR count). The van der Waals surface area contributed by atoms with Crippen molar-refractivity contribution in [1.29, 1.82) is 0 Å². The van der Waals surface area contributed by atoms with Gasteiger partial charge >= 0.3 is 5.97 Å². The molecule has 0 aliphatic carbocycles. The highest BCUT2D eigenvalue weighted by molar-refractivity contribution is 7.11. The third-order valence-corrected chi connectivity index (χ3v) is 6.76. The fraction of sp³-hybridized carbons (Fsp3) is 0.148. The summed E-state index contributed by atoms with van der Waals surface area (Å²) in [6.45, 7) is 2.03. The van der Waals surface area contributed by atoms with Gasteiger partial charge in [-0.1, -0.05) is 54.1 Å². The van der Waals surface area contributed by atoms with E-state index in [4.69, 9.17) is 10.2 Å². The minimum absolute atomic E-state index is 0.100. The highest BCUT2D eigenvalue weighted by atomic mass is 32.1. The predicted octanol–water partition coefficient (Wildman–Crippen LogP) is 5.20. The Balaban J connectivity index is 1.62. The molecule has 0 unspecified atom stereocenters. The number of thiophene rings is 1. The number of hydrogen-bond acceptors (Lipinski definition) is 5. The Labute approximate surface area is 206 Å². The zero-order valence-electron chi connectivity index (χ0n) is 19.1. The van der Waals surface area contributed by atoms with Gasteiger partial charge in [0.1, 0.15) is 6.04 Å². The number of rotatable bonds is 7. The Hall–Kier alpha value is -4.17. The van der Waals surface area contributed by atoms with Gasteiger partial charge in [0.15, 0.2) is 0 Å². The van der Waals surface area contributed by atoms with Gasteiger partial charge in [0.05, 0.1) is 28.4 Å². The monoisotopic (exact) mass is 484 g/mol. The SMILES string of the molecule is Cc1ccc(-c2nn(-c3ccccc3)cc2[C@H]2C=C(c3cccs3)NN2C(=O)CCC(=O)O)cc1. The second-order valence-corrected chi connectivity index (χ2v) is 9.30. The molecule has 3 heterocycles. The van der Waals surface area contributed by atoms with Crippen LogP contribution in [0.4, 0.5) is 0 Å². The van der Waals surface area contributed by atoms with E-state index in [2.05, 4.69) is 5.43 Å². The molecule has 1 aliphatic rings. The van der Waals surface area contributed by atoms with Crippen LogP contribution in [0.1, 0.15) is 34.9 Å². The van der Waals surface area contributed by atoms with Crippen LogP contribution < -0.4 is 5.43 Å². The van der Waals surface area contributed by atoms with Gasteiger partial charge in [-0.15, -0.1) is 11.3 Å². The highest BCUT2D eigenvalue weighted by Crippen LogP contribution is 2.38. The number of para-hydroxylation sites is 1. The van der Waals surface area contributed by atoms with Crippen molar-refractivity contribution >= 4 is 28.9 Å². The van der Waals surface area contributed by atoms with Gasteiger partial charge in [-0.2, -0.15) is 5.10 Å². The molecule has 0 spiro atoms. The number of hydrogen-bond donors (Lipinski definition) is 2. The van der Waals surface area contributed by atoms with E-state index in [1.54, 1.807) is 11.3 Å². The minimum Gasteiger partial charge on any atom is -0.481 e. The fourth-order valence-electron chi connectivity index (χ4n) is 4.07. The Morgan fingerprint density at radius 3 is 2.49 bits per heavy atom. The summed E-state index contributed by atoms with van der Waals surface area (Å²) < 4.78 is 1.82. The lowest BCUT2D eigenvalue weighted by atomic mass is 10.0. The van der Waals surface area contributed by atoms with Crippen LogP contribution in [0, 0.1) is 6.92 Å². The van der Waals surface area contributed by atoms with Crippen molar-refractivity contribution in [3.05, 3.63) is 100 Å². The Morgan fingerprint density at radius 1 is 1.03 bits per heavy atom. The summed E-state index contributed by atoms with van der Waals surface area (Å²) in [6, 6.07) is 21.4. The molecule has 0 radical (unpaired) electrons. The van der Waals surface area contributed by atoms with Crippen molar-refractivity contribution in [1.82, 2.24) is 20.2 Å². The maximum atomic E-state index is 13.2. The molecule has 2 aromatic heterocycles. The van der Waals surface area contributed by atoms with E-state index in [-0.39, 0.29) is 18.7 Å². The molecule has 2 aromatic carbocycles. The molecular weight excluding hydrogens is 460 g/mol. The van der Waals surface area contributed by atoms with E-state index in [9.17, 15) is 9.59 Å². The normalized spacial score (nSPS) is 15.1. The topological polar surface area (TPSA) is 87.5 Å². The van der Waals surface area contributed by atoms with Crippen molar-refractivity contribution < 1.29 is 14.7 Å². The zero-order chi connectivity index (χ0) is 24.4. The van der Waals surface area contributed by atoms with Crippen molar-refractivity contribution in [3.63, 3.8) is 0 Å². The van der Waals surface area contributed by atoms with Crippen LogP contribution in [0.25, 0.3) is 22.6 Å². The largest absolute Gasteiger partial charge is 0.481 e. The van der Waals surface area contributed by atoms with Crippen molar-refractivity contribution in [2.75, 3.05) is 0 Å². The summed E-state index contributed by atoms with van der Waals surface area (Å²) in [4.78, 5) is 25.3. The number of nitrogens with zero attached hydrogens (tertiary/aromatic N) is 3. The molecular formula is C27H24N4O3S. The van der Waals surface area contributed by atoms with Gasteiger partial charge in [0.25, 0.3) is 0 Å². The van der Waals surface area contributed by atoms with E-state index in [1.807, 2.05) is 96.0 Å². The molecule has 1 amide bonds. The van der Waals surface area contributed by atoms with Crippen LogP contribution in [0.3, 0.4) is 0 Å². The molecule has 1 atom stereocenters. The number of benzene rings is 2. The molecule has 8 heteroatoms. The minimum atomic E-state index is -1.00. The first kappa shape index (κ1) is 22.6. The maximum absolute atomic E-state index is 13.2. The van der Waals surface area contributed by atoms with E-state index in [0.29, 0.717) is 0 Å². The summed E-state index contributed by atoms with van der Waals surface area (Å²) in [7, 11) is 0. The number of carboxylic acids is 1. The number of amides is 1. The number of aromatic nitrogens is 2. The lowest BCUT2D eigenvalue weighted by Crippen LogP contribution is -2.39. The average molecular weight is 485 g/mol. The van der Waals surface area contributed by atoms with Crippen LogP contribution in [0.5, 0.6) is 0 Å². The quantitative estimate of drug-likeness (QED) is 0.376. The number of aryl methyl sites for hydroxylation is 1. The highest BCUT2D eigenvalue weighted by Gasteiger charge is 2.34. The van der Waals surface area contributed by atoms with Crippen molar-refractivity contribution in [2.45, 2.75) is 25.8 Å². The Bertz CT molecular complexity index is 1380. The van der Waals surface area contributed by atoms with E-state index >= 15 is 0 Å². The summed E-state index contributed by atoms with van der Waals surface area (Å²) in [5.41, 5.74) is 8.65. The number of hydrazine groups is 1. The van der Waals surface area contributed by atoms with Crippen LogP contribution >= 0.6 is 11.3 Å². The zero-order valence-corrected chi connectivity index (χ0v) is 19.9. The lowest BCUT2D eigenvalue weighted by Gasteiger charge is -2.25. The first-order valence-corrected chi connectivity index (χ1v) is 12.2. The molecule has 0 bridgehead atoms. The van der Waals surface area contributed by atoms with Gasteiger partial charge in [0.2, 0.25) is 5.91 Å². The summed E-state index contributed by atoms with van der Waals surface area (Å²) in [5, 5.41) is 17.5. The maximum Gasteiger partial charge on any atom is 0.303 e. The van der Waals surface area contributed by atoms with Gasteiger partial charge in [-0.3, -0.25) is 15.0 Å². The number of carbonyl (C=O) groups is 2. The first-order valence-electron chi connectivity index (χ1n) is 11.3. The molecule has 2 N–H and O–H groups in total. The molecule has 4 aromatic rings. The number of aliphatic carboxylic acids is 1. The number of nitrogens with one attached hydrogen (secondary N) is 1. The smallest absolute Gasteiger partial charge is 0.303 e. The molecule has 7 nitrogen and oxygen atoms in total. The molecule has 176 valence electrons. The van der Waals surface area contributed by atoms with Crippen LogP contribution in [-0.2, 0) is 9.59 Å². The number of carboxylic acid groups (broad SMARTS) is 1. The van der Waals surface area contributed by atoms with E-state index in [1.165, 1.54) is 5.01 Å². The summed E-state index contributed by atoms with van der Waals surface area (Å²) >= 11 is 1.57. The summed E-state index contributed by atoms with van der Waals surface area (Å²) in [6.07, 6.45) is 3.62. The Kier molecular flexibility index (Phi) is 6.20. The second-order valence-electron chi connectivity index (χ2n) is 8.35. The molecule has 0 saturated carbocycles. The predicted molar refractivity (Wildman–Crippen MR) is 136 cm³/mol. The Morgan fingerprint density at radius 2 is 1.80 bits per heavy atom. The molecule has 0 fully saturated rings. The fourth-order valence-corrected chi connectivity index (χ4v) is 4.77. The van der Waals surface area contributed by atoms with E-state index < -0.39 is 12.0 Å². The average Bonchev–Trinajstić information content (AvgIpc) is 3.63. The van der Waals surface area contributed by atoms with Crippen LogP contribution in [-0.4, -0.2) is 31.8 Å². The third kappa shape index (κ3) is 4.74. The van der Waals surface area contributed by atoms with Gasteiger partial charge in [-0.25, -0.2) is 9.69 Å². The summed E-state index contributed by atoms with van der Waals surface area (Å²) in [5.74, 6) is -1.29. The van der Waals surface area contributed by atoms with Crippen molar-refractivity contribution in [2.24, 2.45) is 0 Å². The first-order chi connectivity index (χ1) is 17.0. The molecule has 35 heavy (non-hydrogen) atoms. The van der Waals surface area contributed by atoms with Gasteiger partial charge in [-0.05, 0) is 36.6 Å². The lowest BCUT2D eigenvalue weighted by molar-refractivity contribution is -0.142. The van der Waals surface area contributed by atoms with Gasteiger partial charge in [0, 0.05) is 23.7 Å². The molecule has 1 aliphatic heterocycles.